The molecule has 6 heteroatoms. The number of unbranched alkanes of at least 4 members (excludes halogenated alkanes) is 18. The number of ether oxygens (including phenoxy) is 1. The lowest BCUT2D eigenvalue weighted by Crippen LogP contribution is -2.46. The number of rotatable bonds is 44. The standard InChI is InChI=1S/C56H95NO5/c1-4-7-10-13-16-19-22-24-25-26-27-28-29-31-34-37-40-43-46-49-56(61)62-52(47-44-41-38-35-32-21-18-15-12-9-6-3)50-55(60)57-53(51-58)54(59)48-45-42-39-36-33-30-23-20-17-14-11-8-5-2/h7,10,16,19,24-25,27-28,31,34-35,38,40,43-44,47,52-54,58-59H,4-6,8-9,11-15,17-18,20-23,26,29-30,32-33,36-37,39,41-42,45-46,48-51H2,1-3H3,(H,57,60)/b10-7-,19-16-,25-24-,28-27-,34-31-,38-35-,43-40-,47-44+. The molecule has 0 spiro atoms. The highest BCUT2D eigenvalue weighted by Gasteiger charge is 2.23. The van der Waals surface area contributed by atoms with E-state index in [1.807, 2.05) is 12.2 Å². The summed E-state index contributed by atoms with van der Waals surface area (Å²) in [5.41, 5.74) is 0. The Balaban J connectivity index is 4.74. The number of nitrogens with one attached hydrogen (secondary N) is 1. The Morgan fingerprint density at radius 3 is 1.37 bits per heavy atom. The lowest BCUT2D eigenvalue weighted by Gasteiger charge is -2.23. The van der Waals surface area contributed by atoms with Crippen LogP contribution in [0.3, 0.4) is 0 Å². The fraction of sp³-hybridized carbons (Fsp3) is 0.679. The number of aliphatic hydroxyl groups is 2. The Kier molecular flexibility index (Phi) is 46.3. The third-order valence-electron chi connectivity index (χ3n) is 10.9. The van der Waals surface area contributed by atoms with E-state index in [4.69, 9.17) is 4.74 Å². The van der Waals surface area contributed by atoms with E-state index in [1.165, 1.54) is 103 Å². The molecule has 0 aliphatic heterocycles. The Bertz CT molecular complexity index is 1240. The minimum atomic E-state index is -0.827. The van der Waals surface area contributed by atoms with Crippen LogP contribution in [0.5, 0.6) is 0 Å². The van der Waals surface area contributed by atoms with Crippen LogP contribution in [0, 0.1) is 0 Å². The van der Waals surface area contributed by atoms with E-state index in [-0.39, 0.29) is 31.3 Å². The van der Waals surface area contributed by atoms with Gasteiger partial charge in [0.1, 0.15) is 6.10 Å². The predicted molar refractivity (Wildman–Crippen MR) is 268 cm³/mol. The molecule has 0 rings (SSSR count). The first-order chi connectivity index (χ1) is 30.5. The number of carbonyl (C=O) groups excluding carboxylic acids is 2. The molecule has 6 nitrogen and oxygen atoms in total. The second-order valence-electron chi connectivity index (χ2n) is 16.8. The normalized spacial score (nSPS) is 14.1. The van der Waals surface area contributed by atoms with Gasteiger partial charge in [-0.1, -0.05) is 227 Å². The molecule has 62 heavy (non-hydrogen) atoms. The van der Waals surface area contributed by atoms with Crippen LogP contribution in [0.25, 0.3) is 0 Å². The van der Waals surface area contributed by atoms with Crippen molar-refractivity contribution in [3.8, 4) is 0 Å². The van der Waals surface area contributed by atoms with Gasteiger partial charge in [-0.05, 0) is 76.7 Å². The van der Waals surface area contributed by atoms with E-state index >= 15 is 0 Å². The van der Waals surface area contributed by atoms with Crippen LogP contribution in [0.1, 0.15) is 220 Å². The van der Waals surface area contributed by atoms with Crippen molar-refractivity contribution in [3.05, 3.63) is 97.2 Å². The van der Waals surface area contributed by atoms with Crippen LogP contribution < -0.4 is 5.32 Å². The minimum absolute atomic E-state index is 0.0639. The number of amides is 1. The molecule has 0 fully saturated rings. The smallest absolute Gasteiger partial charge is 0.306 e. The highest BCUT2D eigenvalue weighted by Crippen LogP contribution is 2.15. The average molecular weight is 862 g/mol. The Labute approximate surface area is 382 Å². The van der Waals surface area contributed by atoms with Crippen molar-refractivity contribution in [2.75, 3.05) is 6.61 Å². The second kappa shape index (κ2) is 48.8. The monoisotopic (exact) mass is 862 g/mol. The maximum Gasteiger partial charge on any atom is 0.306 e. The number of hydrogen-bond donors (Lipinski definition) is 3. The highest BCUT2D eigenvalue weighted by molar-refractivity contribution is 5.78. The molecule has 0 aromatic carbocycles. The molecule has 3 atom stereocenters. The van der Waals surface area contributed by atoms with Crippen LogP contribution in [0.4, 0.5) is 0 Å². The van der Waals surface area contributed by atoms with Crippen LogP contribution in [-0.4, -0.2) is 46.9 Å². The van der Waals surface area contributed by atoms with Gasteiger partial charge in [0.25, 0.3) is 0 Å². The van der Waals surface area contributed by atoms with Crippen LogP contribution in [0.15, 0.2) is 97.2 Å². The van der Waals surface area contributed by atoms with Crippen molar-refractivity contribution >= 4 is 11.9 Å². The van der Waals surface area contributed by atoms with Crippen LogP contribution in [0.2, 0.25) is 0 Å². The lowest BCUT2D eigenvalue weighted by atomic mass is 10.0. The third kappa shape index (κ3) is 43.4. The molecule has 0 aliphatic rings. The summed E-state index contributed by atoms with van der Waals surface area (Å²) in [5.74, 6) is -0.710. The van der Waals surface area contributed by atoms with Crippen molar-refractivity contribution in [2.24, 2.45) is 0 Å². The van der Waals surface area contributed by atoms with Gasteiger partial charge in [-0.15, -0.1) is 0 Å². The van der Waals surface area contributed by atoms with Crippen molar-refractivity contribution in [1.82, 2.24) is 5.32 Å². The van der Waals surface area contributed by atoms with E-state index in [1.54, 1.807) is 6.08 Å². The van der Waals surface area contributed by atoms with Gasteiger partial charge >= 0.3 is 5.97 Å². The van der Waals surface area contributed by atoms with Crippen molar-refractivity contribution in [3.63, 3.8) is 0 Å². The Morgan fingerprint density at radius 2 is 0.903 bits per heavy atom. The maximum atomic E-state index is 13.1. The molecule has 0 aliphatic carbocycles. The first-order valence-electron chi connectivity index (χ1n) is 25.5. The molecule has 354 valence electrons. The van der Waals surface area contributed by atoms with Crippen LogP contribution in [-0.2, 0) is 14.3 Å². The van der Waals surface area contributed by atoms with Gasteiger partial charge in [0.05, 0.1) is 25.2 Å². The summed E-state index contributed by atoms with van der Waals surface area (Å²) in [5, 5.41) is 23.7. The summed E-state index contributed by atoms with van der Waals surface area (Å²) in [4.78, 5) is 26.0. The molecule has 0 aromatic rings. The molecule has 0 heterocycles. The first-order valence-corrected chi connectivity index (χ1v) is 25.5. The number of carbonyl (C=O) groups is 2. The SMILES string of the molecule is CC/C=C\C/C=C\C/C=C\C/C=C\C/C=C\C/C=C\CCC(=O)OC(/C=C/C/C=C\CCCCCCCC)CC(=O)NC(CO)C(O)CCCCCCCCCCCCCCC. The van der Waals surface area contributed by atoms with E-state index < -0.39 is 18.2 Å². The summed E-state index contributed by atoms with van der Waals surface area (Å²) >= 11 is 0. The summed E-state index contributed by atoms with van der Waals surface area (Å²) < 4.78 is 5.78. The fourth-order valence-corrected chi connectivity index (χ4v) is 7.07. The third-order valence-corrected chi connectivity index (χ3v) is 10.9. The van der Waals surface area contributed by atoms with Gasteiger partial charge < -0.3 is 20.3 Å². The largest absolute Gasteiger partial charge is 0.458 e. The molecule has 0 saturated carbocycles. The molecule has 1 amide bonds. The molecule has 3 unspecified atom stereocenters. The summed E-state index contributed by atoms with van der Waals surface area (Å²) in [6.07, 6.45) is 65.1. The Morgan fingerprint density at radius 1 is 0.500 bits per heavy atom. The Hall–Kier alpha value is -3.22. The van der Waals surface area contributed by atoms with Gasteiger partial charge in [-0.25, -0.2) is 0 Å². The van der Waals surface area contributed by atoms with Gasteiger partial charge in [-0.2, -0.15) is 0 Å². The van der Waals surface area contributed by atoms with Crippen molar-refractivity contribution in [1.29, 1.82) is 0 Å². The minimum Gasteiger partial charge on any atom is -0.458 e. The maximum absolute atomic E-state index is 13.1. The molecular formula is C56H95NO5. The number of hydrogen-bond acceptors (Lipinski definition) is 5. The second-order valence-corrected chi connectivity index (χ2v) is 16.8. The average Bonchev–Trinajstić information content (AvgIpc) is 3.26. The molecule has 3 N–H and O–H groups in total. The molecule has 0 bridgehead atoms. The number of aliphatic hydroxyl groups excluding tert-OH is 2. The molecule has 0 saturated heterocycles. The highest BCUT2D eigenvalue weighted by atomic mass is 16.5. The van der Waals surface area contributed by atoms with Crippen molar-refractivity contribution in [2.45, 2.75) is 238 Å². The molecule has 0 aromatic heterocycles. The number of allylic oxidation sites excluding steroid dienone is 15. The summed E-state index contributed by atoms with van der Waals surface area (Å²) in [6, 6.07) is -0.752. The molecular weight excluding hydrogens is 767 g/mol. The topological polar surface area (TPSA) is 95.9 Å². The summed E-state index contributed by atoms with van der Waals surface area (Å²) in [7, 11) is 0. The van der Waals surface area contributed by atoms with Gasteiger partial charge in [0, 0.05) is 6.42 Å². The predicted octanol–water partition coefficient (Wildman–Crippen LogP) is 15.3. The fourth-order valence-electron chi connectivity index (χ4n) is 7.07. The number of esters is 1. The zero-order valence-corrected chi connectivity index (χ0v) is 40.2. The van der Waals surface area contributed by atoms with Gasteiger partial charge in [0.15, 0.2) is 0 Å². The van der Waals surface area contributed by atoms with E-state index in [2.05, 4.69) is 105 Å². The lowest BCUT2D eigenvalue weighted by molar-refractivity contribution is -0.148. The van der Waals surface area contributed by atoms with Gasteiger partial charge in [-0.3, -0.25) is 9.59 Å². The van der Waals surface area contributed by atoms with E-state index in [9.17, 15) is 19.8 Å². The van der Waals surface area contributed by atoms with Crippen molar-refractivity contribution < 1.29 is 24.5 Å². The zero-order valence-electron chi connectivity index (χ0n) is 40.2. The molecule has 0 radical (unpaired) electrons. The quantitative estimate of drug-likeness (QED) is 0.0322. The van der Waals surface area contributed by atoms with Gasteiger partial charge in [0.2, 0.25) is 5.91 Å². The van der Waals surface area contributed by atoms with E-state index in [0.717, 1.165) is 64.2 Å². The first kappa shape index (κ1) is 58.8. The summed E-state index contributed by atoms with van der Waals surface area (Å²) in [6.45, 7) is 6.30. The van der Waals surface area contributed by atoms with E-state index in [0.29, 0.717) is 19.3 Å². The van der Waals surface area contributed by atoms with Crippen LogP contribution >= 0.6 is 0 Å². The zero-order chi connectivity index (χ0) is 45.2.